The maximum Gasteiger partial charge on any atom is 0.0815 e. The highest BCUT2D eigenvalue weighted by Gasteiger charge is 2.07. The zero-order valence-electron chi connectivity index (χ0n) is 3.70. The fourth-order valence-corrected chi connectivity index (χ4v) is 2.03. The molecular formula is C4H6OS2. The van der Waals surface area contributed by atoms with E-state index in [1.807, 2.05) is 10.8 Å². The average Bonchev–Trinajstić information content (AvgIpc) is 2.14. The summed E-state index contributed by atoms with van der Waals surface area (Å²) in [5.41, 5.74) is 0. The number of thioether (sulfide) groups is 2. The molecule has 3 heteroatoms. The van der Waals surface area contributed by atoms with E-state index in [-0.39, 0.29) is 6.61 Å². The fraction of sp³-hybridized carbons (Fsp3) is 0.500. The highest BCUT2D eigenvalue weighted by Crippen LogP contribution is 2.32. The summed E-state index contributed by atoms with van der Waals surface area (Å²) in [5, 5.41) is 12.5. The predicted octanol–water partition coefficient (Wildman–Crippen LogP) is 1.26. The summed E-state index contributed by atoms with van der Waals surface area (Å²) in [4.78, 5) is 0. The Kier molecular flexibility index (Phi) is 2.09. The number of hydrogen-bond donors (Lipinski definition) is 1. The van der Waals surface area contributed by atoms with Crippen LogP contribution in [0.15, 0.2) is 10.8 Å². The Hall–Kier alpha value is 0.400. The van der Waals surface area contributed by atoms with Gasteiger partial charge in [0.1, 0.15) is 0 Å². The van der Waals surface area contributed by atoms with E-state index in [0.29, 0.717) is 4.58 Å². The van der Waals surface area contributed by atoms with Gasteiger partial charge < -0.3 is 5.11 Å². The van der Waals surface area contributed by atoms with E-state index < -0.39 is 0 Å². The van der Waals surface area contributed by atoms with Crippen molar-refractivity contribution in [1.82, 2.24) is 0 Å². The molecule has 0 radical (unpaired) electrons. The second-order valence-electron chi connectivity index (χ2n) is 1.16. The van der Waals surface area contributed by atoms with Gasteiger partial charge in [0.05, 0.1) is 11.2 Å². The lowest BCUT2D eigenvalue weighted by atomic mass is 10.9. The minimum atomic E-state index is 0.280. The molecule has 0 aromatic carbocycles. The molecule has 1 rings (SSSR count). The van der Waals surface area contributed by atoms with Gasteiger partial charge in [0.2, 0.25) is 0 Å². The first-order chi connectivity index (χ1) is 3.43. The van der Waals surface area contributed by atoms with Crippen LogP contribution in [0.2, 0.25) is 0 Å². The molecule has 7 heavy (non-hydrogen) atoms. The molecule has 0 aromatic heterocycles. The van der Waals surface area contributed by atoms with Crippen LogP contribution in [0.4, 0.5) is 0 Å². The summed E-state index contributed by atoms with van der Waals surface area (Å²) < 4.78 is 0.375. The standard InChI is InChI=1S/C4H6OS2/c5-3-4-6-1-2-7-4/h1-2,4-5H,3H2. The van der Waals surface area contributed by atoms with Crippen molar-refractivity contribution in [1.29, 1.82) is 0 Å². The van der Waals surface area contributed by atoms with E-state index in [1.165, 1.54) is 0 Å². The first-order valence-corrected chi connectivity index (χ1v) is 3.89. The summed E-state index contributed by atoms with van der Waals surface area (Å²) >= 11 is 3.35. The van der Waals surface area contributed by atoms with Crippen molar-refractivity contribution < 1.29 is 5.11 Å². The zero-order valence-corrected chi connectivity index (χ0v) is 5.34. The smallest absolute Gasteiger partial charge is 0.0815 e. The third-order valence-corrected chi connectivity index (χ3v) is 3.00. The lowest BCUT2D eigenvalue weighted by Crippen LogP contribution is -1.96. The van der Waals surface area contributed by atoms with E-state index in [0.717, 1.165) is 0 Å². The van der Waals surface area contributed by atoms with Gasteiger partial charge in [-0.3, -0.25) is 0 Å². The van der Waals surface area contributed by atoms with Crippen LogP contribution in [0, 0.1) is 0 Å². The van der Waals surface area contributed by atoms with Crippen molar-refractivity contribution in [3.05, 3.63) is 10.8 Å². The Labute approximate surface area is 51.2 Å². The lowest BCUT2D eigenvalue weighted by molar-refractivity contribution is 0.316. The first kappa shape index (κ1) is 5.54. The zero-order chi connectivity index (χ0) is 5.11. The molecule has 0 aliphatic carbocycles. The van der Waals surface area contributed by atoms with E-state index in [1.54, 1.807) is 23.5 Å². The molecule has 0 spiro atoms. The average molecular weight is 134 g/mol. The van der Waals surface area contributed by atoms with Gasteiger partial charge in [-0.15, -0.1) is 23.5 Å². The number of hydrogen-bond acceptors (Lipinski definition) is 3. The van der Waals surface area contributed by atoms with Gasteiger partial charge >= 0.3 is 0 Å². The maximum atomic E-state index is 8.48. The highest BCUT2D eigenvalue weighted by molar-refractivity contribution is 8.22. The van der Waals surface area contributed by atoms with Crippen molar-refractivity contribution in [2.45, 2.75) is 4.58 Å². The highest BCUT2D eigenvalue weighted by atomic mass is 32.2. The molecule has 0 bridgehead atoms. The number of aliphatic hydroxyl groups excluding tert-OH is 1. The molecule has 1 aliphatic heterocycles. The molecule has 1 aliphatic rings. The van der Waals surface area contributed by atoms with Crippen molar-refractivity contribution in [3.8, 4) is 0 Å². The van der Waals surface area contributed by atoms with E-state index in [2.05, 4.69) is 0 Å². The summed E-state index contributed by atoms with van der Waals surface area (Å²) in [6.07, 6.45) is 0. The van der Waals surface area contributed by atoms with Crippen LogP contribution in [-0.2, 0) is 0 Å². The molecule has 1 nitrogen and oxygen atoms in total. The number of rotatable bonds is 1. The lowest BCUT2D eigenvalue weighted by Gasteiger charge is -1.98. The molecule has 0 fully saturated rings. The van der Waals surface area contributed by atoms with Gasteiger partial charge in [0.15, 0.2) is 0 Å². The monoisotopic (exact) mass is 134 g/mol. The third-order valence-electron chi connectivity index (χ3n) is 0.665. The molecule has 40 valence electrons. The second kappa shape index (κ2) is 2.64. The van der Waals surface area contributed by atoms with Crippen molar-refractivity contribution in [3.63, 3.8) is 0 Å². The molecular weight excluding hydrogens is 128 g/mol. The Morgan fingerprint density at radius 3 is 2.29 bits per heavy atom. The van der Waals surface area contributed by atoms with E-state index in [9.17, 15) is 0 Å². The Balaban J connectivity index is 2.22. The topological polar surface area (TPSA) is 20.2 Å². The Morgan fingerprint density at radius 2 is 2.00 bits per heavy atom. The molecule has 0 amide bonds. The van der Waals surface area contributed by atoms with Crippen LogP contribution in [0.5, 0.6) is 0 Å². The minimum absolute atomic E-state index is 0.280. The van der Waals surface area contributed by atoms with E-state index >= 15 is 0 Å². The fourth-order valence-electron chi connectivity index (χ4n) is 0.358. The van der Waals surface area contributed by atoms with Crippen LogP contribution in [0.3, 0.4) is 0 Å². The quantitative estimate of drug-likeness (QED) is 0.583. The summed E-state index contributed by atoms with van der Waals surface area (Å²) in [5.74, 6) is 0. The van der Waals surface area contributed by atoms with Crippen molar-refractivity contribution >= 4 is 23.5 Å². The minimum Gasteiger partial charge on any atom is -0.394 e. The maximum absolute atomic E-state index is 8.48. The molecule has 1 heterocycles. The Bertz CT molecular complexity index is 73.8. The Morgan fingerprint density at radius 1 is 1.43 bits per heavy atom. The van der Waals surface area contributed by atoms with Crippen LogP contribution in [0.25, 0.3) is 0 Å². The SMILES string of the molecule is OCC1SC=CS1. The van der Waals surface area contributed by atoms with Gasteiger partial charge in [0.25, 0.3) is 0 Å². The molecule has 0 saturated heterocycles. The van der Waals surface area contributed by atoms with Gasteiger partial charge in [0, 0.05) is 0 Å². The van der Waals surface area contributed by atoms with Gasteiger partial charge in [-0.1, -0.05) is 0 Å². The van der Waals surface area contributed by atoms with Crippen LogP contribution in [0.1, 0.15) is 0 Å². The largest absolute Gasteiger partial charge is 0.394 e. The van der Waals surface area contributed by atoms with Gasteiger partial charge in [-0.25, -0.2) is 0 Å². The molecule has 0 unspecified atom stereocenters. The third kappa shape index (κ3) is 1.40. The first-order valence-electron chi connectivity index (χ1n) is 2.00. The molecule has 1 N–H and O–H groups in total. The van der Waals surface area contributed by atoms with Crippen LogP contribution in [-0.4, -0.2) is 16.3 Å². The second-order valence-corrected chi connectivity index (χ2v) is 3.68. The normalized spacial score (nSPS) is 21.3. The van der Waals surface area contributed by atoms with Crippen LogP contribution < -0.4 is 0 Å². The van der Waals surface area contributed by atoms with Gasteiger partial charge in [-0.2, -0.15) is 0 Å². The predicted molar refractivity (Wildman–Crippen MR) is 35.2 cm³/mol. The van der Waals surface area contributed by atoms with Crippen molar-refractivity contribution in [2.75, 3.05) is 6.61 Å². The summed E-state index contributed by atoms with van der Waals surface area (Å²) in [7, 11) is 0. The summed E-state index contributed by atoms with van der Waals surface area (Å²) in [6.45, 7) is 0.280. The molecule has 0 atom stereocenters. The molecule has 0 aromatic rings. The van der Waals surface area contributed by atoms with Gasteiger partial charge in [-0.05, 0) is 10.8 Å². The molecule has 0 saturated carbocycles. The summed E-state index contributed by atoms with van der Waals surface area (Å²) in [6, 6.07) is 0. The van der Waals surface area contributed by atoms with Crippen molar-refractivity contribution in [2.24, 2.45) is 0 Å². The number of aliphatic hydroxyl groups is 1. The van der Waals surface area contributed by atoms with Crippen LogP contribution >= 0.6 is 23.5 Å². The van der Waals surface area contributed by atoms with E-state index in [4.69, 9.17) is 5.11 Å².